The molecule has 0 spiro atoms. The molecule has 1 atom stereocenters. The topological polar surface area (TPSA) is 88.5 Å². The Morgan fingerprint density at radius 3 is 2.95 bits per heavy atom. The maximum atomic E-state index is 12.0. The van der Waals surface area contributed by atoms with Gasteiger partial charge < -0.3 is 15.2 Å². The average Bonchev–Trinajstić information content (AvgIpc) is 2.44. The molecule has 19 heavy (non-hydrogen) atoms. The first-order valence-corrected chi connectivity index (χ1v) is 5.52. The highest BCUT2D eigenvalue weighted by Gasteiger charge is 2.18. The fraction of sp³-hybridized carbons (Fsp3) is 0.308. The molecule has 0 aromatic carbocycles. The van der Waals surface area contributed by atoms with Gasteiger partial charge in [0.05, 0.1) is 18.2 Å². The van der Waals surface area contributed by atoms with E-state index in [1.165, 1.54) is 32.5 Å². The van der Waals surface area contributed by atoms with Crippen molar-refractivity contribution in [3.63, 3.8) is 0 Å². The van der Waals surface area contributed by atoms with Crippen LogP contribution < -0.4 is 5.32 Å². The molecule has 1 amide bonds. The fourth-order valence-corrected chi connectivity index (χ4v) is 1.34. The monoisotopic (exact) mass is 262 g/mol. The first-order valence-electron chi connectivity index (χ1n) is 5.52. The molecule has 0 radical (unpaired) electrons. The zero-order chi connectivity index (χ0) is 14.3. The number of aromatic nitrogens is 1. The number of hydrogen-bond donors (Lipinski definition) is 2. The molecule has 0 aliphatic carbocycles. The third-order valence-corrected chi connectivity index (χ3v) is 2.27. The number of nitrogens with zero attached hydrogens (tertiary/aromatic N) is 1. The zero-order valence-corrected chi connectivity index (χ0v) is 10.6. The molecular formula is C13H14N2O4. The summed E-state index contributed by atoms with van der Waals surface area (Å²) in [5.74, 6) is 4.07. The predicted octanol–water partition coefficient (Wildman–Crippen LogP) is -0.283. The van der Waals surface area contributed by atoms with Crippen LogP contribution in [-0.4, -0.2) is 41.7 Å². The van der Waals surface area contributed by atoms with Crippen molar-refractivity contribution in [3.8, 4) is 11.8 Å². The van der Waals surface area contributed by atoms with Crippen molar-refractivity contribution in [1.29, 1.82) is 0 Å². The van der Waals surface area contributed by atoms with Gasteiger partial charge in [-0.3, -0.25) is 9.78 Å². The number of ether oxygens (including phenoxy) is 1. The first kappa shape index (κ1) is 14.7. The minimum atomic E-state index is -0.760. The van der Waals surface area contributed by atoms with E-state index in [0.717, 1.165) is 0 Å². The van der Waals surface area contributed by atoms with E-state index in [1.807, 2.05) is 0 Å². The predicted molar refractivity (Wildman–Crippen MR) is 67.1 cm³/mol. The van der Waals surface area contributed by atoms with Gasteiger partial charge in [-0.05, 0) is 13.0 Å². The largest absolute Gasteiger partial charge is 0.467 e. The molecule has 2 N–H and O–H groups in total. The number of carbonyl (C=O) groups is 2. The van der Waals surface area contributed by atoms with Crippen LogP contribution in [0.1, 0.15) is 22.8 Å². The van der Waals surface area contributed by atoms with Gasteiger partial charge in [0, 0.05) is 12.4 Å². The number of aliphatic hydroxyl groups is 1. The number of nitrogens with one attached hydrogen (secondary N) is 1. The molecule has 100 valence electrons. The minimum Gasteiger partial charge on any atom is -0.467 e. The molecule has 1 heterocycles. The van der Waals surface area contributed by atoms with Crippen LogP contribution in [0.15, 0.2) is 18.5 Å². The molecule has 0 aliphatic rings. The second-order valence-corrected chi connectivity index (χ2v) is 3.60. The van der Waals surface area contributed by atoms with E-state index >= 15 is 0 Å². The highest BCUT2D eigenvalue weighted by molar-refractivity contribution is 5.98. The minimum absolute atomic E-state index is 0.284. The Kier molecular flexibility index (Phi) is 5.51. The number of carbonyl (C=O) groups excluding carboxylic acids is 2. The molecule has 0 fully saturated rings. The van der Waals surface area contributed by atoms with Crippen molar-refractivity contribution in [2.75, 3.05) is 13.7 Å². The van der Waals surface area contributed by atoms with E-state index < -0.39 is 17.9 Å². The van der Waals surface area contributed by atoms with Crippen LogP contribution in [0.25, 0.3) is 0 Å². The molecule has 1 rings (SSSR count). The van der Waals surface area contributed by atoms with Crippen molar-refractivity contribution in [2.45, 2.75) is 13.0 Å². The molecular weight excluding hydrogens is 248 g/mol. The molecule has 6 heteroatoms. The van der Waals surface area contributed by atoms with Crippen molar-refractivity contribution in [1.82, 2.24) is 10.3 Å². The Morgan fingerprint density at radius 1 is 1.58 bits per heavy atom. The van der Waals surface area contributed by atoms with Crippen molar-refractivity contribution in [3.05, 3.63) is 29.6 Å². The van der Waals surface area contributed by atoms with Gasteiger partial charge in [0.15, 0.2) is 0 Å². The van der Waals surface area contributed by atoms with Crippen LogP contribution in [0.3, 0.4) is 0 Å². The molecule has 0 saturated carbocycles. The van der Waals surface area contributed by atoms with Crippen LogP contribution in [0.4, 0.5) is 0 Å². The third kappa shape index (κ3) is 4.08. The van der Waals surface area contributed by atoms with Gasteiger partial charge in [-0.1, -0.05) is 11.8 Å². The van der Waals surface area contributed by atoms with E-state index in [-0.39, 0.29) is 12.2 Å². The summed E-state index contributed by atoms with van der Waals surface area (Å²) in [6.07, 6.45) is 2.86. The summed E-state index contributed by atoms with van der Waals surface area (Å²) in [6.45, 7) is 1.21. The Balaban J connectivity index is 2.91. The summed E-state index contributed by atoms with van der Waals surface area (Å²) >= 11 is 0. The summed E-state index contributed by atoms with van der Waals surface area (Å²) in [5, 5.41) is 11.1. The number of amides is 1. The molecule has 0 bridgehead atoms. The van der Waals surface area contributed by atoms with Crippen LogP contribution in [0, 0.1) is 11.8 Å². The maximum absolute atomic E-state index is 12.0. The number of pyridine rings is 1. The quantitative estimate of drug-likeness (QED) is 0.577. The lowest BCUT2D eigenvalue weighted by Gasteiger charge is -2.12. The molecule has 1 aromatic rings. The van der Waals surface area contributed by atoms with Gasteiger partial charge in [0.2, 0.25) is 0 Å². The van der Waals surface area contributed by atoms with Gasteiger partial charge in [-0.15, -0.1) is 0 Å². The number of rotatable bonds is 3. The van der Waals surface area contributed by atoms with E-state index in [4.69, 9.17) is 5.11 Å². The van der Waals surface area contributed by atoms with Gasteiger partial charge in [-0.2, -0.15) is 0 Å². The van der Waals surface area contributed by atoms with E-state index in [2.05, 4.69) is 26.9 Å². The zero-order valence-electron chi connectivity index (χ0n) is 10.6. The Hall–Kier alpha value is -2.39. The van der Waals surface area contributed by atoms with Crippen LogP contribution in [-0.2, 0) is 9.53 Å². The van der Waals surface area contributed by atoms with Crippen LogP contribution >= 0.6 is 0 Å². The number of esters is 1. The molecule has 1 unspecified atom stereocenters. The van der Waals surface area contributed by atoms with Crippen LogP contribution in [0.5, 0.6) is 0 Å². The van der Waals surface area contributed by atoms with E-state index in [9.17, 15) is 9.59 Å². The average molecular weight is 262 g/mol. The molecule has 6 nitrogen and oxygen atoms in total. The van der Waals surface area contributed by atoms with E-state index in [0.29, 0.717) is 5.56 Å². The van der Waals surface area contributed by atoms with Crippen LogP contribution in [0.2, 0.25) is 0 Å². The SMILES string of the molecule is COC(=O)C(C)NC(=O)c1ccncc1C#CCO. The molecule has 1 aromatic heterocycles. The lowest BCUT2D eigenvalue weighted by Crippen LogP contribution is -2.39. The second-order valence-electron chi connectivity index (χ2n) is 3.60. The smallest absolute Gasteiger partial charge is 0.328 e. The van der Waals surface area contributed by atoms with Gasteiger partial charge in [0.25, 0.3) is 5.91 Å². The standard InChI is InChI=1S/C13H14N2O4/c1-9(13(18)19-2)15-12(17)11-5-6-14-8-10(11)4-3-7-16/h5-6,8-9,16H,7H2,1-2H3,(H,15,17). The number of aliphatic hydroxyl groups excluding tert-OH is 1. The maximum Gasteiger partial charge on any atom is 0.328 e. The lowest BCUT2D eigenvalue weighted by molar-refractivity contribution is -0.142. The summed E-state index contributed by atoms with van der Waals surface area (Å²) in [7, 11) is 1.25. The molecule has 0 saturated heterocycles. The summed E-state index contributed by atoms with van der Waals surface area (Å²) in [6, 6.07) is 0.727. The lowest BCUT2D eigenvalue weighted by atomic mass is 10.1. The van der Waals surface area contributed by atoms with Crippen molar-refractivity contribution in [2.24, 2.45) is 0 Å². The van der Waals surface area contributed by atoms with E-state index in [1.54, 1.807) is 0 Å². The Bertz CT molecular complexity index is 531. The highest BCUT2D eigenvalue weighted by atomic mass is 16.5. The van der Waals surface area contributed by atoms with Gasteiger partial charge in [-0.25, -0.2) is 4.79 Å². The summed E-state index contributed by atoms with van der Waals surface area (Å²) < 4.78 is 4.52. The fourth-order valence-electron chi connectivity index (χ4n) is 1.34. The Morgan fingerprint density at radius 2 is 2.32 bits per heavy atom. The highest BCUT2D eigenvalue weighted by Crippen LogP contribution is 2.06. The Labute approximate surface area is 110 Å². The first-order chi connectivity index (χ1) is 9.10. The van der Waals surface area contributed by atoms with Gasteiger partial charge >= 0.3 is 5.97 Å². The molecule has 0 aliphatic heterocycles. The summed E-state index contributed by atoms with van der Waals surface area (Å²) in [4.78, 5) is 27.1. The second kappa shape index (κ2) is 7.13. The van der Waals surface area contributed by atoms with Gasteiger partial charge in [0.1, 0.15) is 12.6 Å². The van der Waals surface area contributed by atoms with Crippen molar-refractivity contribution >= 4 is 11.9 Å². The normalized spacial score (nSPS) is 10.9. The third-order valence-electron chi connectivity index (χ3n) is 2.27. The summed E-state index contributed by atoms with van der Waals surface area (Å²) in [5.41, 5.74) is 0.665. The van der Waals surface area contributed by atoms with Crippen molar-refractivity contribution < 1.29 is 19.4 Å². The number of hydrogen-bond acceptors (Lipinski definition) is 5. The number of methoxy groups -OCH3 is 1.